The summed E-state index contributed by atoms with van der Waals surface area (Å²) in [5.41, 5.74) is 1.43. The van der Waals surface area contributed by atoms with Crippen LogP contribution in [0.5, 0.6) is 0 Å². The fourth-order valence-electron chi connectivity index (χ4n) is 3.52. The SMILES string of the molecule is Cc1nc(N2CCN(C(=O)C(C)C)CC2)c2cnn(-c3ccc(F)cc3)c2n1. The molecule has 1 aliphatic heterocycles. The van der Waals surface area contributed by atoms with E-state index >= 15 is 0 Å². The van der Waals surface area contributed by atoms with E-state index in [0.29, 0.717) is 37.7 Å². The molecule has 146 valence electrons. The zero-order valence-electron chi connectivity index (χ0n) is 16.3. The van der Waals surface area contributed by atoms with Crippen LogP contribution in [0.25, 0.3) is 16.7 Å². The molecule has 1 aliphatic rings. The van der Waals surface area contributed by atoms with Gasteiger partial charge >= 0.3 is 0 Å². The summed E-state index contributed by atoms with van der Waals surface area (Å²) in [5.74, 6) is 1.38. The van der Waals surface area contributed by atoms with Gasteiger partial charge in [-0.1, -0.05) is 13.8 Å². The number of hydrogen-bond acceptors (Lipinski definition) is 5. The third-order valence-corrected chi connectivity index (χ3v) is 4.98. The van der Waals surface area contributed by atoms with Crippen LogP contribution in [-0.4, -0.2) is 56.7 Å². The average Bonchev–Trinajstić information content (AvgIpc) is 3.11. The van der Waals surface area contributed by atoms with Crippen LogP contribution in [0, 0.1) is 18.7 Å². The highest BCUT2D eigenvalue weighted by Gasteiger charge is 2.25. The zero-order valence-corrected chi connectivity index (χ0v) is 16.3. The minimum Gasteiger partial charge on any atom is -0.352 e. The summed E-state index contributed by atoms with van der Waals surface area (Å²) >= 11 is 0. The molecule has 0 saturated carbocycles. The lowest BCUT2D eigenvalue weighted by Crippen LogP contribution is -2.50. The Bertz CT molecular complexity index is 1010. The Morgan fingerprint density at radius 2 is 1.75 bits per heavy atom. The van der Waals surface area contributed by atoms with Gasteiger partial charge in [0.05, 0.1) is 17.3 Å². The second kappa shape index (κ2) is 7.18. The quantitative estimate of drug-likeness (QED) is 0.697. The molecule has 0 bridgehead atoms. The molecule has 7 nitrogen and oxygen atoms in total. The number of hydrogen-bond donors (Lipinski definition) is 0. The van der Waals surface area contributed by atoms with Gasteiger partial charge in [0, 0.05) is 32.1 Å². The number of rotatable bonds is 3. The minimum atomic E-state index is -0.291. The monoisotopic (exact) mass is 382 g/mol. The zero-order chi connectivity index (χ0) is 19.8. The first-order valence-corrected chi connectivity index (χ1v) is 9.46. The highest BCUT2D eigenvalue weighted by atomic mass is 19.1. The second-order valence-corrected chi connectivity index (χ2v) is 7.33. The number of aryl methyl sites for hydroxylation is 1. The van der Waals surface area contributed by atoms with Gasteiger partial charge in [-0.05, 0) is 31.2 Å². The molecular formula is C20H23FN6O. The summed E-state index contributed by atoms with van der Waals surface area (Å²) in [6, 6.07) is 6.16. The molecule has 0 unspecified atom stereocenters. The molecule has 0 N–H and O–H groups in total. The number of aromatic nitrogens is 4. The molecule has 8 heteroatoms. The molecule has 0 aliphatic carbocycles. The fraction of sp³-hybridized carbons (Fsp3) is 0.400. The maximum absolute atomic E-state index is 13.3. The van der Waals surface area contributed by atoms with Crippen LogP contribution in [0.15, 0.2) is 30.5 Å². The van der Waals surface area contributed by atoms with Gasteiger partial charge in [-0.2, -0.15) is 5.10 Å². The highest BCUT2D eigenvalue weighted by molar-refractivity contribution is 5.88. The average molecular weight is 382 g/mol. The molecule has 28 heavy (non-hydrogen) atoms. The summed E-state index contributed by atoms with van der Waals surface area (Å²) in [7, 11) is 0. The van der Waals surface area contributed by atoms with Gasteiger partial charge in [0.25, 0.3) is 0 Å². The first-order chi connectivity index (χ1) is 13.4. The van der Waals surface area contributed by atoms with E-state index in [1.807, 2.05) is 25.7 Å². The van der Waals surface area contributed by atoms with Crippen LogP contribution < -0.4 is 4.90 Å². The molecule has 0 spiro atoms. The smallest absolute Gasteiger partial charge is 0.225 e. The lowest BCUT2D eigenvalue weighted by molar-refractivity contribution is -0.134. The Morgan fingerprint density at radius 1 is 1.07 bits per heavy atom. The Morgan fingerprint density at radius 3 is 2.39 bits per heavy atom. The third-order valence-electron chi connectivity index (χ3n) is 4.98. The predicted molar refractivity (Wildman–Crippen MR) is 105 cm³/mol. The molecule has 3 heterocycles. The minimum absolute atomic E-state index is 0.00786. The Labute approximate surface area is 162 Å². The van der Waals surface area contributed by atoms with Crippen molar-refractivity contribution < 1.29 is 9.18 Å². The van der Waals surface area contributed by atoms with Crippen molar-refractivity contribution in [1.82, 2.24) is 24.6 Å². The Kier molecular flexibility index (Phi) is 4.70. The molecule has 1 saturated heterocycles. The number of carbonyl (C=O) groups is 1. The standard InChI is InChI=1S/C20H23FN6O/c1-13(2)20(28)26-10-8-25(9-11-26)18-17-12-22-27(19(17)24-14(3)23-18)16-6-4-15(21)5-7-16/h4-7,12-13H,8-11H2,1-3H3. The second-order valence-electron chi connectivity index (χ2n) is 7.33. The number of piperazine rings is 1. The van der Waals surface area contributed by atoms with E-state index in [1.165, 1.54) is 12.1 Å². The van der Waals surface area contributed by atoms with Gasteiger partial charge in [0.2, 0.25) is 5.91 Å². The molecule has 3 aromatic rings. The molecule has 1 amide bonds. The van der Waals surface area contributed by atoms with Crippen LogP contribution in [0.2, 0.25) is 0 Å². The van der Waals surface area contributed by atoms with E-state index in [2.05, 4.69) is 20.0 Å². The fourth-order valence-corrected chi connectivity index (χ4v) is 3.52. The van der Waals surface area contributed by atoms with E-state index in [1.54, 1.807) is 23.0 Å². The van der Waals surface area contributed by atoms with Gasteiger partial charge in [-0.3, -0.25) is 4.79 Å². The molecule has 1 fully saturated rings. The van der Waals surface area contributed by atoms with Crippen LogP contribution in [0.4, 0.5) is 10.2 Å². The number of fused-ring (bicyclic) bond motifs is 1. The summed E-state index contributed by atoms with van der Waals surface area (Å²) < 4.78 is 15.0. The molecule has 0 radical (unpaired) electrons. The van der Waals surface area contributed by atoms with Gasteiger partial charge in [-0.25, -0.2) is 19.0 Å². The van der Waals surface area contributed by atoms with E-state index in [9.17, 15) is 9.18 Å². The van der Waals surface area contributed by atoms with Crippen molar-refractivity contribution in [1.29, 1.82) is 0 Å². The van der Waals surface area contributed by atoms with Gasteiger partial charge in [0.1, 0.15) is 17.5 Å². The van der Waals surface area contributed by atoms with Crippen LogP contribution in [-0.2, 0) is 4.79 Å². The van der Waals surface area contributed by atoms with Crippen LogP contribution in [0.3, 0.4) is 0 Å². The largest absolute Gasteiger partial charge is 0.352 e. The normalized spacial score (nSPS) is 14.9. The van der Waals surface area contributed by atoms with Crippen LogP contribution >= 0.6 is 0 Å². The Balaban J connectivity index is 1.66. The topological polar surface area (TPSA) is 67.2 Å². The van der Waals surface area contributed by atoms with Crippen molar-refractivity contribution in [2.24, 2.45) is 5.92 Å². The maximum atomic E-state index is 13.3. The summed E-state index contributed by atoms with van der Waals surface area (Å²) in [5, 5.41) is 5.30. The van der Waals surface area contributed by atoms with Crippen molar-refractivity contribution in [3.05, 3.63) is 42.1 Å². The Hall–Kier alpha value is -3.03. The first-order valence-electron chi connectivity index (χ1n) is 9.46. The van der Waals surface area contributed by atoms with E-state index in [-0.39, 0.29) is 17.6 Å². The molecule has 2 aromatic heterocycles. The van der Waals surface area contributed by atoms with Gasteiger partial charge in [0.15, 0.2) is 5.65 Å². The summed E-state index contributed by atoms with van der Waals surface area (Å²) in [4.78, 5) is 25.5. The number of nitrogens with zero attached hydrogens (tertiary/aromatic N) is 6. The number of amides is 1. The van der Waals surface area contributed by atoms with Gasteiger partial charge in [-0.15, -0.1) is 0 Å². The van der Waals surface area contributed by atoms with Crippen molar-refractivity contribution in [3.63, 3.8) is 0 Å². The number of anilines is 1. The number of halogens is 1. The van der Waals surface area contributed by atoms with Crippen LogP contribution in [0.1, 0.15) is 19.7 Å². The molecule has 4 rings (SSSR count). The van der Waals surface area contributed by atoms with Crippen molar-refractivity contribution in [2.45, 2.75) is 20.8 Å². The number of carbonyl (C=O) groups excluding carboxylic acids is 1. The van der Waals surface area contributed by atoms with Crippen molar-refractivity contribution in [2.75, 3.05) is 31.1 Å². The lowest BCUT2D eigenvalue weighted by Gasteiger charge is -2.36. The number of benzene rings is 1. The van der Waals surface area contributed by atoms with E-state index in [4.69, 9.17) is 0 Å². The van der Waals surface area contributed by atoms with Crippen molar-refractivity contribution >= 4 is 22.8 Å². The lowest BCUT2D eigenvalue weighted by atomic mass is 10.1. The summed E-state index contributed by atoms with van der Waals surface area (Å²) in [6.45, 7) is 8.48. The van der Waals surface area contributed by atoms with Crippen molar-refractivity contribution in [3.8, 4) is 5.69 Å². The first kappa shape index (κ1) is 18.3. The van der Waals surface area contributed by atoms with E-state index < -0.39 is 0 Å². The predicted octanol–water partition coefficient (Wildman–Crippen LogP) is 2.57. The maximum Gasteiger partial charge on any atom is 0.225 e. The molecule has 0 atom stereocenters. The molecule has 1 aromatic carbocycles. The van der Waals surface area contributed by atoms with E-state index in [0.717, 1.165) is 16.9 Å². The van der Waals surface area contributed by atoms with Gasteiger partial charge < -0.3 is 9.80 Å². The third kappa shape index (κ3) is 3.30. The highest BCUT2D eigenvalue weighted by Crippen LogP contribution is 2.26. The molecular weight excluding hydrogens is 359 g/mol. The summed E-state index contributed by atoms with van der Waals surface area (Å²) in [6.07, 6.45) is 1.75.